The second kappa shape index (κ2) is 3.04. The highest BCUT2D eigenvalue weighted by molar-refractivity contribution is 5.75. The summed E-state index contributed by atoms with van der Waals surface area (Å²) in [7, 11) is 0. The maximum absolute atomic E-state index is 4.10. The molecule has 4 heteroatoms. The number of aliphatic imine (C=N–C) groups is 2. The lowest BCUT2D eigenvalue weighted by Crippen LogP contribution is -2.17. The van der Waals surface area contributed by atoms with Crippen LogP contribution in [0.3, 0.4) is 0 Å². The zero-order chi connectivity index (χ0) is 8.23. The van der Waals surface area contributed by atoms with Crippen molar-refractivity contribution in [2.45, 2.75) is 0 Å². The zero-order valence-electron chi connectivity index (χ0n) is 6.36. The van der Waals surface area contributed by atoms with Crippen molar-refractivity contribution in [3.8, 4) is 0 Å². The van der Waals surface area contributed by atoms with Gasteiger partial charge in [0.15, 0.2) is 11.6 Å². The molecular formula is C8H8N4. The molecule has 4 nitrogen and oxygen atoms in total. The minimum Gasteiger partial charge on any atom is -0.344 e. The van der Waals surface area contributed by atoms with E-state index in [-0.39, 0.29) is 0 Å². The number of rotatable bonds is 0. The predicted octanol–water partition coefficient (Wildman–Crippen LogP) is 0.488. The minimum absolute atomic E-state index is 0.734. The van der Waals surface area contributed by atoms with Gasteiger partial charge in [-0.1, -0.05) is 0 Å². The highest BCUT2D eigenvalue weighted by atomic mass is 15.1. The van der Waals surface area contributed by atoms with Gasteiger partial charge in [-0.15, -0.1) is 0 Å². The molecule has 0 radical (unpaired) electrons. The average Bonchev–Trinajstić information content (AvgIpc) is 2.21. The molecule has 2 rings (SSSR count). The molecule has 0 saturated carbocycles. The van der Waals surface area contributed by atoms with Crippen LogP contribution in [0, 0.1) is 0 Å². The van der Waals surface area contributed by atoms with Crippen LogP contribution in [0.2, 0.25) is 0 Å². The van der Waals surface area contributed by atoms with Crippen molar-refractivity contribution < 1.29 is 0 Å². The van der Waals surface area contributed by atoms with E-state index in [4.69, 9.17) is 0 Å². The number of nitrogens with one attached hydrogen (secondary N) is 2. The van der Waals surface area contributed by atoms with E-state index in [1.54, 1.807) is 12.4 Å². The molecule has 60 valence electrons. The number of nitrogens with zero attached hydrogens (tertiary/aromatic N) is 2. The molecule has 2 aliphatic heterocycles. The van der Waals surface area contributed by atoms with E-state index < -0.39 is 0 Å². The first-order chi connectivity index (χ1) is 5.97. The van der Waals surface area contributed by atoms with Crippen LogP contribution in [-0.2, 0) is 0 Å². The fourth-order valence-electron chi connectivity index (χ4n) is 0.909. The molecule has 0 aliphatic carbocycles. The zero-order valence-corrected chi connectivity index (χ0v) is 6.36. The van der Waals surface area contributed by atoms with E-state index in [1.807, 2.05) is 24.6 Å². The van der Waals surface area contributed by atoms with Crippen LogP contribution in [0.15, 0.2) is 46.2 Å². The Bertz CT molecular complexity index is 288. The van der Waals surface area contributed by atoms with Gasteiger partial charge in [-0.3, -0.25) is 0 Å². The summed E-state index contributed by atoms with van der Waals surface area (Å²) in [5.74, 6) is 1.47. The van der Waals surface area contributed by atoms with Crippen LogP contribution in [0.1, 0.15) is 0 Å². The first kappa shape index (κ1) is 6.84. The fourth-order valence-corrected chi connectivity index (χ4v) is 0.909. The van der Waals surface area contributed by atoms with E-state index in [0.29, 0.717) is 0 Å². The quantitative estimate of drug-likeness (QED) is 0.541. The van der Waals surface area contributed by atoms with E-state index in [1.165, 1.54) is 0 Å². The largest absolute Gasteiger partial charge is 0.344 e. The molecule has 12 heavy (non-hydrogen) atoms. The summed E-state index contributed by atoms with van der Waals surface area (Å²) in [6, 6.07) is 0. The topological polar surface area (TPSA) is 48.8 Å². The van der Waals surface area contributed by atoms with Crippen molar-refractivity contribution in [1.82, 2.24) is 10.6 Å². The van der Waals surface area contributed by atoms with Gasteiger partial charge in [-0.05, 0) is 12.2 Å². The molecule has 2 N–H and O–H groups in total. The fraction of sp³-hybridized carbons (Fsp3) is 0. The van der Waals surface area contributed by atoms with Crippen LogP contribution in [0.25, 0.3) is 0 Å². The monoisotopic (exact) mass is 160 g/mol. The molecule has 0 unspecified atom stereocenters. The normalized spacial score (nSPS) is 25.3. The van der Waals surface area contributed by atoms with Crippen molar-refractivity contribution in [2.24, 2.45) is 9.98 Å². The molecule has 2 heterocycles. The Hall–Kier alpha value is -1.84. The Kier molecular flexibility index (Phi) is 1.74. The van der Waals surface area contributed by atoms with Gasteiger partial charge in [0.1, 0.15) is 0 Å². The minimum atomic E-state index is 0.734. The number of allylic oxidation sites excluding steroid dienone is 2. The van der Waals surface area contributed by atoms with Gasteiger partial charge in [0.25, 0.3) is 0 Å². The molecule has 0 aromatic carbocycles. The molecule has 0 atom stereocenters. The second-order valence-corrected chi connectivity index (χ2v) is 2.26. The maximum atomic E-state index is 4.10. The van der Waals surface area contributed by atoms with Gasteiger partial charge in [0.05, 0.1) is 0 Å². The number of hydrogen-bond acceptors (Lipinski definition) is 4. The van der Waals surface area contributed by atoms with E-state index in [9.17, 15) is 0 Å². The van der Waals surface area contributed by atoms with Gasteiger partial charge < -0.3 is 10.6 Å². The summed E-state index contributed by atoms with van der Waals surface area (Å²) in [5, 5.41) is 5.96. The Labute approximate surface area is 70.1 Å². The van der Waals surface area contributed by atoms with Crippen molar-refractivity contribution in [2.75, 3.05) is 0 Å². The van der Waals surface area contributed by atoms with Gasteiger partial charge in [0, 0.05) is 24.8 Å². The summed E-state index contributed by atoms with van der Waals surface area (Å²) in [6.07, 6.45) is 10.7. The van der Waals surface area contributed by atoms with Crippen molar-refractivity contribution in [1.29, 1.82) is 0 Å². The van der Waals surface area contributed by atoms with Crippen LogP contribution in [0.5, 0.6) is 0 Å². The number of hydrogen-bond donors (Lipinski definition) is 2. The van der Waals surface area contributed by atoms with Gasteiger partial charge in [0.2, 0.25) is 0 Å². The molecule has 0 saturated heterocycles. The highest BCUT2D eigenvalue weighted by Gasteiger charge is 2.03. The lowest BCUT2D eigenvalue weighted by Gasteiger charge is -2.10. The average molecular weight is 160 g/mol. The third kappa shape index (κ3) is 1.27. The van der Waals surface area contributed by atoms with Gasteiger partial charge in [-0.2, -0.15) is 0 Å². The second-order valence-electron chi connectivity index (χ2n) is 2.26. The maximum Gasteiger partial charge on any atom is 0.173 e. The summed E-state index contributed by atoms with van der Waals surface area (Å²) in [4.78, 5) is 8.20. The van der Waals surface area contributed by atoms with Crippen molar-refractivity contribution in [3.63, 3.8) is 0 Å². The SMILES string of the molecule is C1=CN/C(=C2\N=CC=CN2)N=C1. The molecule has 0 amide bonds. The van der Waals surface area contributed by atoms with Crippen LogP contribution in [-0.4, -0.2) is 12.4 Å². The third-order valence-corrected chi connectivity index (χ3v) is 1.44. The molecule has 0 aromatic rings. The van der Waals surface area contributed by atoms with Crippen molar-refractivity contribution in [3.05, 3.63) is 36.2 Å². The van der Waals surface area contributed by atoms with E-state index in [0.717, 1.165) is 11.6 Å². The Morgan fingerprint density at radius 1 is 0.833 bits per heavy atom. The summed E-state index contributed by atoms with van der Waals surface area (Å²) in [5.41, 5.74) is 0. The Morgan fingerprint density at radius 2 is 1.33 bits per heavy atom. The Balaban J connectivity index is 2.25. The standard InChI is InChI=1S/C8H8N4/c1-3-9-7(10-4-1)8-11-5-2-6-12-8/h1-6,9,11H/b8-7+. The molecular weight excluding hydrogens is 152 g/mol. The van der Waals surface area contributed by atoms with Crippen LogP contribution >= 0.6 is 0 Å². The molecule has 0 fully saturated rings. The van der Waals surface area contributed by atoms with Gasteiger partial charge >= 0.3 is 0 Å². The summed E-state index contributed by atoms with van der Waals surface area (Å²) in [6.45, 7) is 0. The van der Waals surface area contributed by atoms with E-state index >= 15 is 0 Å². The smallest absolute Gasteiger partial charge is 0.173 e. The Morgan fingerprint density at radius 3 is 1.67 bits per heavy atom. The summed E-state index contributed by atoms with van der Waals surface area (Å²) >= 11 is 0. The third-order valence-electron chi connectivity index (χ3n) is 1.44. The van der Waals surface area contributed by atoms with Crippen LogP contribution in [0.4, 0.5) is 0 Å². The van der Waals surface area contributed by atoms with Crippen LogP contribution < -0.4 is 10.6 Å². The lowest BCUT2D eigenvalue weighted by molar-refractivity contribution is 0.896. The highest BCUT2D eigenvalue weighted by Crippen LogP contribution is 2.05. The molecule has 0 bridgehead atoms. The molecule has 0 spiro atoms. The molecule has 2 aliphatic rings. The van der Waals surface area contributed by atoms with Gasteiger partial charge in [-0.25, -0.2) is 9.98 Å². The van der Waals surface area contributed by atoms with E-state index in [2.05, 4.69) is 20.6 Å². The predicted molar refractivity (Wildman–Crippen MR) is 48.6 cm³/mol. The first-order valence-electron chi connectivity index (χ1n) is 3.62. The van der Waals surface area contributed by atoms with Crippen molar-refractivity contribution >= 4 is 12.4 Å². The summed E-state index contributed by atoms with van der Waals surface area (Å²) < 4.78 is 0. The molecule has 0 aromatic heterocycles. The lowest BCUT2D eigenvalue weighted by atomic mass is 10.5. The first-order valence-corrected chi connectivity index (χ1v) is 3.62.